The van der Waals surface area contributed by atoms with Gasteiger partial charge in [0.1, 0.15) is 0 Å². The van der Waals surface area contributed by atoms with Crippen molar-refractivity contribution in [3.63, 3.8) is 0 Å². The van der Waals surface area contributed by atoms with E-state index in [4.69, 9.17) is 9.47 Å². The van der Waals surface area contributed by atoms with Gasteiger partial charge in [0.2, 0.25) is 0 Å². The van der Waals surface area contributed by atoms with Crippen LogP contribution in [-0.2, 0) is 16.1 Å². The predicted octanol–water partition coefficient (Wildman–Crippen LogP) is 2.67. The summed E-state index contributed by atoms with van der Waals surface area (Å²) in [6.45, 7) is 4.65. The third-order valence-electron chi connectivity index (χ3n) is 3.37. The molecule has 0 amide bonds. The van der Waals surface area contributed by atoms with E-state index in [1.807, 2.05) is 6.07 Å². The second-order valence-corrected chi connectivity index (χ2v) is 4.65. The van der Waals surface area contributed by atoms with Crippen LogP contribution in [0.1, 0.15) is 18.9 Å². The zero-order valence-corrected chi connectivity index (χ0v) is 10.6. The third-order valence-corrected chi connectivity index (χ3v) is 3.37. The molecule has 1 heterocycles. The van der Waals surface area contributed by atoms with Crippen LogP contribution in [0.4, 0.5) is 5.69 Å². The van der Waals surface area contributed by atoms with E-state index in [9.17, 15) is 0 Å². The Hall–Kier alpha value is -1.06. The summed E-state index contributed by atoms with van der Waals surface area (Å²) in [7, 11) is 1.73. The van der Waals surface area contributed by atoms with Crippen LogP contribution in [0.2, 0.25) is 0 Å². The van der Waals surface area contributed by atoms with Gasteiger partial charge in [-0.15, -0.1) is 0 Å². The van der Waals surface area contributed by atoms with Crippen LogP contribution in [0.25, 0.3) is 0 Å². The first kappa shape index (κ1) is 12.4. The highest BCUT2D eigenvalue weighted by atomic mass is 16.5. The lowest BCUT2D eigenvalue weighted by molar-refractivity contribution is 0.182. The van der Waals surface area contributed by atoms with Gasteiger partial charge >= 0.3 is 0 Å². The fourth-order valence-electron chi connectivity index (χ4n) is 2.25. The summed E-state index contributed by atoms with van der Waals surface area (Å²) in [4.78, 5) is 0. The maximum Gasteiger partial charge on any atom is 0.0733 e. The number of ether oxygens (including phenoxy) is 2. The van der Waals surface area contributed by atoms with Crippen LogP contribution in [-0.4, -0.2) is 26.4 Å². The largest absolute Gasteiger partial charge is 0.382 e. The standard InChI is InChI=1S/C14H21NO2/c1-11(12-7-8-17-10-12)15-14-6-4-3-5-13(14)9-16-2/h3-6,11-12,15H,7-10H2,1-2H3. The summed E-state index contributed by atoms with van der Waals surface area (Å²) in [5.74, 6) is 0.616. The van der Waals surface area contributed by atoms with Crippen LogP contribution < -0.4 is 5.32 Å². The molecule has 0 aliphatic carbocycles. The van der Waals surface area contributed by atoms with Crippen LogP contribution in [0.3, 0.4) is 0 Å². The highest BCUT2D eigenvalue weighted by Crippen LogP contribution is 2.22. The average molecular weight is 235 g/mol. The van der Waals surface area contributed by atoms with E-state index in [1.165, 1.54) is 11.3 Å². The minimum atomic E-state index is 0.440. The molecule has 1 N–H and O–H groups in total. The second-order valence-electron chi connectivity index (χ2n) is 4.65. The molecule has 0 saturated carbocycles. The number of para-hydroxylation sites is 1. The Kier molecular flexibility index (Phi) is 4.40. The first-order valence-electron chi connectivity index (χ1n) is 6.22. The van der Waals surface area contributed by atoms with Crippen LogP contribution in [0, 0.1) is 5.92 Å². The molecule has 2 unspecified atom stereocenters. The van der Waals surface area contributed by atoms with Gasteiger partial charge in [-0.25, -0.2) is 0 Å². The van der Waals surface area contributed by atoms with E-state index in [0.717, 1.165) is 19.6 Å². The molecule has 1 aromatic carbocycles. The lowest BCUT2D eigenvalue weighted by Crippen LogP contribution is -2.26. The zero-order valence-electron chi connectivity index (χ0n) is 10.6. The van der Waals surface area contributed by atoms with Gasteiger partial charge in [-0.1, -0.05) is 18.2 Å². The Morgan fingerprint density at radius 1 is 1.47 bits per heavy atom. The number of nitrogens with one attached hydrogen (secondary N) is 1. The molecule has 0 bridgehead atoms. The maximum atomic E-state index is 5.43. The fourth-order valence-corrected chi connectivity index (χ4v) is 2.25. The molecule has 0 spiro atoms. The summed E-state index contributed by atoms with van der Waals surface area (Å²) in [6.07, 6.45) is 1.15. The molecular weight excluding hydrogens is 214 g/mol. The summed E-state index contributed by atoms with van der Waals surface area (Å²) in [6, 6.07) is 8.75. The smallest absolute Gasteiger partial charge is 0.0733 e. The van der Waals surface area contributed by atoms with Crippen molar-refractivity contribution in [1.82, 2.24) is 0 Å². The Labute approximate surface area is 103 Å². The molecule has 1 aromatic rings. The summed E-state index contributed by atoms with van der Waals surface area (Å²) in [5.41, 5.74) is 2.38. The van der Waals surface area contributed by atoms with Gasteiger partial charge < -0.3 is 14.8 Å². The van der Waals surface area contributed by atoms with E-state index in [1.54, 1.807) is 7.11 Å². The van der Waals surface area contributed by atoms with Crippen LogP contribution in [0.15, 0.2) is 24.3 Å². The van der Waals surface area contributed by atoms with Crippen molar-refractivity contribution in [3.05, 3.63) is 29.8 Å². The van der Waals surface area contributed by atoms with Crippen molar-refractivity contribution in [2.24, 2.45) is 5.92 Å². The first-order valence-corrected chi connectivity index (χ1v) is 6.22. The predicted molar refractivity (Wildman–Crippen MR) is 69.2 cm³/mol. The monoisotopic (exact) mass is 235 g/mol. The number of methoxy groups -OCH3 is 1. The minimum Gasteiger partial charge on any atom is -0.382 e. The molecule has 1 aliphatic rings. The SMILES string of the molecule is COCc1ccccc1NC(C)C1CCOC1. The van der Waals surface area contributed by atoms with Gasteiger partial charge in [0.25, 0.3) is 0 Å². The summed E-state index contributed by atoms with van der Waals surface area (Å²) < 4.78 is 10.6. The molecule has 17 heavy (non-hydrogen) atoms. The number of hydrogen-bond acceptors (Lipinski definition) is 3. The zero-order chi connectivity index (χ0) is 12.1. The highest BCUT2D eigenvalue weighted by molar-refractivity contribution is 5.51. The number of benzene rings is 1. The molecule has 1 aliphatic heterocycles. The van der Waals surface area contributed by atoms with Gasteiger partial charge in [-0.05, 0) is 19.4 Å². The van der Waals surface area contributed by atoms with Crippen molar-refractivity contribution in [1.29, 1.82) is 0 Å². The molecule has 2 atom stereocenters. The molecule has 3 heteroatoms. The minimum absolute atomic E-state index is 0.440. The van der Waals surface area contributed by atoms with Gasteiger partial charge in [-0.2, -0.15) is 0 Å². The van der Waals surface area contributed by atoms with E-state index >= 15 is 0 Å². The lowest BCUT2D eigenvalue weighted by atomic mass is 10.00. The van der Waals surface area contributed by atoms with E-state index in [2.05, 4.69) is 30.4 Å². The lowest BCUT2D eigenvalue weighted by Gasteiger charge is -2.22. The Balaban J connectivity index is 2.01. The topological polar surface area (TPSA) is 30.5 Å². The molecular formula is C14H21NO2. The quantitative estimate of drug-likeness (QED) is 0.851. The second kappa shape index (κ2) is 6.03. The first-order chi connectivity index (χ1) is 8.31. The fraction of sp³-hybridized carbons (Fsp3) is 0.571. The average Bonchev–Trinajstić information content (AvgIpc) is 2.85. The van der Waals surface area contributed by atoms with E-state index in [0.29, 0.717) is 18.6 Å². The molecule has 1 saturated heterocycles. The maximum absolute atomic E-state index is 5.43. The van der Waals surface area contributed by atoms with Gasteiger partial charge in [0.05, 0.1) is 13.2 Å². The number of anilines is 1. The Morgan fingerprint density at radius 3 is 3.00 bits per heavy atom. The third kappa shape index (κ3) is 3.20. The van der Waals surface area contributed by atoms with E-state index < -0.39 is 0 Å². The normalized spacial score (nSPS) is 21.4. The number of rotatable bonds is 5. The summed E-state index contributed by atoms with van der Waals surface area (Å²) >= 11 is 0. The molecule has 2 rings (SSSR count). The molecule has 0 radical (unpaired) electrons. The molecule has 94 valence electrons. The summed E-state index contributed by atoms with van der Waals surface area (Å²) in [5, 5.41) is 3.58. The van der Waals surface area contributed by atoms with Crippen molar-refractivity contribution in [3.8, 4) is 0 Å². The van der Waals surface area contributed by atoms with Crippen LogP contribution >= 0.6 is 0 Å². The van der Waals surface area contributed by atoms with Crippen molar-refractivity contribution >= 4 is 5.69 Å². The van der Waals surface area contributed by atoms with Gasteiger partial charge in [0.15, 0.2) is 0 Å². The molecule has 1 fully saturated rings. The van der Waals surface area contributed by atoms with Crippen molar-refractivity contribution < 1.29 is 9.47 Å². The Bertz CT molecular complexity index is 348. The Morgan fingerprint density at radius 2 is 2.29 bits per heavy atom. The van der Waals surface area contributed by atoms with Crippen LogP contribution in [0.5, 0.6) is 0 Å². The van der Waals surface area contributed by atoms with Crippen molar-refractivity contribution in [2.45, 2.75) is 26.0 Å². The van der Waals surface area contributed by atoms with Crippen molar-refractivity contribution in [2.75, 3.05) is 25.6 Å². The molecule has 3 nitrogen and oxygen atoms in total. The molecule has 0 aromatic heterocycles. The van der Waals surface area contributed by atoms with Gasteiger partial charge in [-0.3, -0.25) is 0 Å². The van der Waals surface area contributed by atoms with E-state index in [-0.39, 0.29) is 0 Å². The highest BCUT2D eigenvalue weighted by Gasteiger charge is 2.22. The number of hydrogen-bond donors (Lipinski definition) is 1. The van der Waals surface area contributed by atoms with Gasteiger partial charge in [0, 0.05) is 36.9 Å².